The average Bonchev–Trinajstić information content (AvgIpc) is 3.12. The van der Waals surface area contributed by atoms with Crippen molar-refractivity contribution in [3.8, 4) is 0 Å². The van der Waals surface area contributed by atoms with Crippen molar-refractivity contribution >= 4 is 19.8 Å². The number of unbranched alkanes of at least 4 members (excludes halogenated alkanes) is 20. The van der Waals surface area contributed by atoms with Gasteiger partial charge in [-0.15, -0.1) is 0 Å². The van der Waals surface area contributed by atoms with E-state index in [1.54, 1.807) is 0 Å². The Labute approximate surface area is 310 Å². The Morgan fingerprint density at radius 3 is 1.22 bits per heavy atom. The van der Waals surface area contributed by atoms with E-state index in [9.17, 15) is 29.3 Å². The third-order valence-electron chi connectivity index (χ3n) is 8.67. The zero-order chi connectivity index (χ0) is 37.7. The van der Waals surface area contributed by atoms with Gasteiger partial charge in [-0.25, -0.2) is 4.57 Å². The molecule has 0 fully saturated rings. The van der Waals surface area contributed by atoms with E-state index in [0.717, 1.165) is 51.4 Å². The van der Waals surface area contributed by atoms with Crippen molar-refractivity contribution in [3.63, 3.8) is 0 Å². The molecule has 0 aliphatic heterocycles. The van der Waals surface area contributed by atoms with E-state index in [-0.39, 0.29) is 12.8 Å². The summed E-state index contributed by atoms with van der Waals surface area (Å²) in [6, 6.07) is 0. The van der Waals surface area contributed by atoms with Gasteiger partial charge in [-0.05, 0) is 44.9 Å². The minimum Gasteiger partial charge on any atom is -0.457 e. The van der Waals surface area contributed by atoms with Crippen LogP contribution in [0.15, 0.2) is 24.3 Å². The summed E-state index contributed by atoms with van der Waals surface area (Å²) in [5, 5.41) is 19.0. The second-order valence-electron chi connectivity index (χ2n) is 13.6. The normalized spacial score (nSPS) is 14.2. The molecule has 300 valence electrons. The van der Waals surface area contributed by atoms with E-state index >= 15 is 0 Å². The second kappa shape index (κ2) is 36.8. The summed E-state index contributed by atoms with van der Waals surface area (Å²) in [5.74, 6) is -1.03. The van der Waals surface area contributed by atoms with Gasteiger partial charge in [0.05, 0.1) is 26.4 Å². The Bertz CT molecular complexity index is 910. The molecule has 51 heavy (non-hydrogen) atoms. The third-order valence-corrected chi connectivity index (χ3v) is 9.62. The lowest BCUT2D eigenvalue weighted by Crippen LogP contribution is -2.28. The van der Waals surface area contributed by atoms with Crippen molar-refractivity contribution in [2.24, 2.45) is 0 Å². The highest BCUT2D eigenvalue weighted by molar-refractivity contribution is 7.47. The van der Waals surface area contributed by atoms with Crippen molar-refractivity contribution in [3.05, 3.63) is 24.3 Å². The highest BCUT2D eigenvalue weighted by Gasteiger charge is 2.27. The van der Waals surface area contributed by atoms with Crippen molar-refractivity contribution in [1.82, 2.24) is 0 Å². The highest BCUT2D eigenvalue weighted by atomic mass is 31.2. The lowest BCUT2D eigenvalue weighted by molar-refractivity contribution is -0.153. The number of carbonyl (C=O) groups excluding carboxylic acids is 2. The smallest absolute Gasteiger partial charge is 0.457 e. The van der Waals surface area contributed by atoms with Crippen LogP contribution in [0.1, 0.15) is 181 Å². The number of allylic oxidation sites excluding steroid dienone is 4. The molecule has 0 rings (SSSR count). The van der Waals surface area contributed by atoms with Gasteiger partial charge < -0.3 is 24.6 Å². The van der Waals surface area contributed by atoms with E-state index in [4.69, 9.17) is 18.5 Å². The summed E-state index contributed by atoms with van der Waals surface area (Å²) in [6.07, 6.45) is 35.0. The van der Waals surface area contributed by atoms with Crippen LogP contribution in [0.5, 0.6) is 0 Å². The van der Waals surface area contributed by atoms with Crippen molar-refractivity contribution in [1.29, 1.82) is 0 Å². The summed E-state index contributed by atoms with van der Waals surface area (Å²) in [7, 11) is -4.62. The maximum absolute atomic E-state index is 12.2. The topological polar surface area (TPSA) is 149 Å². The van der Waals surface area contributed by atoms with Crippen molar-refractivity contribution < 1.29 is 47.8 Å². The van der Waals surface area contributed by atoms with E-state index in [0.29, 0.717) is 12.8 Å². The maximum Gasteiger partial charge on any atom is 0.472 e. The molecular formula is C40H75O10P. The SMILES string of the molecule is CCCCCCC/C=C\C/C=C\CCCCCCCCCCCCCC(=O)OC(CO)COP(=O)(O)OCC(CO)OC(=O)CCCCCCC. The Morgan fingerprint density at radius 2 is 0.863 bits per heavy atom. The van der Waals surface area contributed by atoms with Crippen LogP contribution in [-0.2, 0) is 32.7 Å². The van der Waals surface area contributed by atoms with Crippen LogP contribution in [0.3, 0.4) is 0 Å². The van der Waals surface area contributed by atoms with Gasteiger partial charge in [0.25, 0.3) is 0 Å². The third kappa shape index (κ3) is 35.3. The second-order valence-corrected chi connectivity index (χ2v) is 15.1. The molecule has 0 aromatic heterocycles. The standard InChI is InChI=1S/C40H75O10P/c1-3-5-7-9-10-11-12-13-14-15-16-17-18-19-20-21-22-23-24-25-26-28-30-32-40(44)50-38(34-42)36-48-51(45,46)47-35-37(33-41)49-39(43)31-29-27-8-6-4-2/h12-13,15-16,37-38,41-42H,3-11,14,17-36H2,1-2H3,(H,45,46)/b13-12-,16-15-. The predicted octanol–water partition coefficient (Wildman–Crippen LogP) is 10.2. The molecule has 0 spiro atoms. The first kappa shape index (κ1) is 49.5. The molecule has 10 nitrogen and oxygen atoms in total. The summed E-state index contributed by atoms with van der Waals surface area (Å²) < 4.78 is 32.3. The maximum atomic E-state index is 12.2. The van der Waals surface area contributed by atoms with E-state index < -0.39 is 58.4 Å². The summed E-state index contributed by atoms with van der Waals surface area (Å²) in [6.45, 7) is 2.08. The van der Waals surface area contributed by atoms with Gasteiger partial charge in [-0.3, -0.25) is 18.6 Å². The van der Waals surface area contributed by atoms with Crippen LogP contribution in [0.25, 0.3) is 0 Å². The number of phosphoric acid groups is 1. The van der Waals surface area contributed by atoms with Crippen LogP contribution < -0.4 is 0 Å². The zero-order valence-corrected chi connectivity index (χ0v) is 33.2. The fourth-order valence-electron chi connectivity index (χ4n) is 5.50. The Morgan fingerprint density at radius 1 is 0.529 bits per heavy atom. The molecule has 0 aromatic carbocycles. The first-order valence-corrected chi connectivity index (χ1v) is 21.8. The van der Waals surface area contributed by atoms with Crippen LogP contribution in [0.4, 0.5) is 0 Å². The highest BCUT2D eigenvalue weighted by Crippen LogP contribution is 2.43. The molecule has 0 saturated heterocycles. The van der Waals surface area contributed by atoms with Gasteiger partial charge in [-0.1, -0.05) is 147 Å². The molecule has 0 saturated carbocycles. The molecule has 3 atom stereocenters. The molecular weight excluding hydrogens is 671 g/mol. The quantitative estimate of drug-likeness (QED) is 0.0241. The predicted molar refractivity (Wildman–Crippen MR) is 205 cm³/mol. The Hall–Kier alpha value is -1.55. The number of hydrogen-bond acceptors (Lipinski definition) is 9. The number of hydrogen-bond donors (Lipinski definition) is 3. The summed E-state index contributed by atoms with van der Waals surface area (Å²) in [5.41, 5.74) is 0. The number of ether oxygens (including phenoxy) is 2. The molecule has 0 heterocycles. The molecule has 0 bridgehead atoms. The number of aliphatic hydroxyl groups is 2. The molecule has 0 aliphatic rings. The lowest BCUT2D eigenvalue weighted by Gasteiger charge is -2.20. The van der Waals surface area contributed by atoms with Crippen LogP contribution >= 0.6 is 7.82 Å². The van der Waals surface area contributed by atoms with Gasteiger partial charge in [-0.2, -0.15) is 0 Å². The number of esters is 2. The zero-order valence-electron chi connectivity index (χ0n) is 32.3. The molecule has 0 radical (unpaired) electrons. The first-order chi connectivity index (χ1) is 24.8. The van der Waals surface area contributed by atoms with Gasteiger partial charge in [0.1, 0.15) is 12.2 Å². The van der Waals surface area contributed by atoms with E-state index in [1.807, 2.05) is 0 Å². The first-order valence-electron chi connectivity index (χ1n) is 20.3. The molecule has 11 heteroatoms. The minimum absolute atomic E-state index is 0.189. The van der Waals surface area contributed by atoms with Crippen LogP contribution in [0, 0.1) is 0 Å². The largest absolute Gasteiger partial charge is 0.472 e. The molecule has 0 aliphatic carbocycles. The Balaban J connectivity index is 3.80. The van der Waals surface area contributed by atoms with Gasteiger partial charge >= 0.3 is 19.8 Å². The van der Waals surface area contributed by atoms with Crippen LogP contribution in [-0.4, -0.2) is 65.7 Å². The van der Waals surface area contributed by atoms with Crippen LogP contribution in [0.2, 0.25) is 0 Å². The number of rotatable bonds is 38. The van der Waals surface area contributed by atoms with Crippen molar-refractivity contribution in [2.45, 2.75) is 193 Å². The van der Waals surface area contributed by atoms with Gasteiger partial charge in [0, 0.05) is 12.8 Å². The lowest BCUT2D eigenvalue weighted by atomic mass is 10.0. The number of aliphatic hydroxyl groups excluding tert-OH is 2. The monoisotopic (exact) mass is 747 g/mol. The number of phosphoric ester groups is 1. The summed E-state index contributed by atoms with van der Waals surface area (Å²) >= 11 is 0. The Kier molecular flexibility index (Phi) is 35.7. The molecule has 3 unspecified atom stereocenters. The van der Waals surface area contributed by atoms with E-state index in [2.05, 4.69) is 38.2 Å². The molecule has 0 aromatic rings. The van der Waals surface area contributed by atoms with E-state index in [1.165, 1.54) is 89.9 Å². The molecule has 0 amide bonds. The molecule has 3 N–H and O–H groups in total. The van der Waals surface area contributed by atoms with Gasteiger partial charge in [0.2, 0.25) is 0 Å². The summed E-state index contributed by atoms with van der Waals surface area (Å²) in [4.78, 5) is 34.1. The van der Waals surface area contributed by atoms with Crippen molar-refractivity contribution in [2.75, 3.05) is 26.4 Å². The fraction of sp³-hybridized carbons (Fsp3) is 0.850. The average molecular weight is 747 g/mol. The number of carbonyl (C=O) groups is 2. The van der Waals surface area contributed by atoms with Gasteiger partial charge in [0.15, 0.2) is 0 Å². The minimum atomic E-state index is -4.62. The fourth-order valence-corrected chi connectivity index (χ4v) is 6.28.